The molecule has 2 aliphatic heterocycles. The number of ether oxygens (including phenoxy) is 1. The summed E-state index contributed by atoms with van der Waals surface area (Å²) < 4.78 is 7.22. The molecule has 9 atom stereocenters. The quantitative estimate of drug-likeness (QED) is 0.594. The Kier molecular flexibility index (Phi) is 4.75. The van der Waals surface area contributed by atoms with E-state index in [2.05, 4.69) is 41.4 Å². The van der Waals surface area contributed by atoms with Crippen LogP contribution in [0.1, 0.15) is 57.4 Å². The molecule has 2 aromatic rings. The minimum atomic E-state index is -0.990. The first-order valence-corrected chi connectivity index (χ1v) is 13.5. The predicted molar refractivity (Wildman–Crippen MR) is 136 cm³/mol. The molecule has 5 aliphatic rings. The van der Waals surface area contributed by atoms with Crippen LogP contribution in [-0.4, -0.2) is 79.6 Å². The second-order valence-electron chi connectivity index (χ2n) is 12.8. The van der Waals surface area contributed by atoms with Gasteiger partial charge in [0.05, 0.1) is 35.8 Å². The van der Waals surface area contributed by atoms with E-state index in [1.54, 1.807) is 6.20 Å². The molecular weight excluding hydrogens is 454 g/mol. The minimum Gasteiger partial charge on any atom is -0.390 e. The van der Waals surface area contributed by atoms with E-state index in [4.69, 9.17) is 4.74 Å². The molecule has 7 nitrogen and oxygen atoms in total. The number of benzene rings is 1. The summed E-state index contributed by atoms with van der Waals surface area (Å²) in [5.41, 5.74) is 0.341. The lowest BCUT2D eigenvalue weighted by Crippen LogP contribution is -2.73. The first kappa shape index (κ1) is 23.2. The molecule has 3 aliphatic carbocycles. The third-order valence-corrected chi connectivity index (χ3v) is 11.1. The number of nitrogens with zero attached hydrogens (tertiary/aromatic N) is 3. The molecule has 2 saturated carbocycles. The second-order valence-corrected chi connectivity index (χ2v) is 12.8. The number of rotatable bonds is 2. The maximum atomic E-state index is 12.3. The lowest BCUT2D eigenvalue weighted by Gasteiger charge is -2.65. The van der Waals surface area contributed by atoms with E-state index in [1.165, 1.54) is 11.1 Å². The summed E-state index contributed by atoms with van der Waals surface area (Å²) in [5, 5.41) is 44.7. The molecule has 3 N–H and O–H groups in total. The molecule has 192 valence electrons. The van der Waals surface area contributed by atoms with E-state index in [1.807, 2.05) is 25.2 Å². The number of likely N-dealkylation sites (N-methyl/N-ethyl adjacent to an activating group) is 1. The van der Waals surface area contributed by atoms with Gasteiger partial charge in [0, 0.05) is 28.7 Å². The summed E-state index contributed by atoms with van der Waals surface area (Å²) in [7, 11) is 3.92. The van der Waals surface area contributed by atoms with Crippen molar-refractivity contribution in [2.75, 3.05) is 14.1 Å². The van der Waals surface area contributed by atoms with E-state index in [0.717, 1.165) is 36.5 Å². The molecule has 3 unspecified atom stereocenters. The SMILES string of the molecule is CN(C)[C@H]1C[C@@]23CC[C@]4(O2)C2CC=C(c5ccc6cnncc6c5)[C@@]2(C)CCC4(O)CC3[C@@H](O)[C@@H]1O. The molecule has 0 radical (unpaired) electrons. The Balaban J connectivity index is 1.27. The van der Waals surface area contributed by atoms with Gasteiger partial charge in [-0.05, 0) is 81.7 Å². The van der Waals surface area contributed by atoms with Crippen LogP contribution in [0, 0.1) is 17.3 Å². The second kappa shape index (κ2) is 7.35. The fourth-order valence-corrected chi connectivity index (χ4v) is 9.22. The Labute approximate surface area is 212 Å². The Morgan fingerprint density at radius 2 is 1.75 bits per heavy atom. The monoisotopic (exact) mass is 491 g/mol. The van der Waals surface area contributed by atoms with Crippen LogP contribution in [0.5, 0.6) is 0 Å². The van der Waals surface area contributed by atoms with Gasteiger partial charge in [0.15, 0.2) is 0 Å². The summed E-state index contributed by atoms with van der Waals surface area (Å²) in [6, 6.07) is 6.37. The zero-order chi connectivity index (χ0) is 25.1. The molecule has 3 heterocycles. The van der Waals surface area contributed by atoms with Gasteiger partial charge in [-0.2, -0.15) is 10.2 Å². The molecule has 36 heavy (non-hydrogen) atoms. The number of fused-ring (bicyclic) bond motifs is 2. The van der Waals surface area contributed by atoms with Gasteiger partial charge >= 0.3 is 0 Å². The van der Waals surface area contributed by atoms with Crippen LogP contribution in [0.4, 0.5) is 0 Å². The standard InChI is InChI=1S/C29H37N3O4/c1-26-8-10-28(35)13-21-24(33)25(34)22(32(2)3)14-27(21)9-11-29(28,36-27)23(26)7-6-20(26)17-4-5-18-15-30-31-16-19(18)12-17/h4-6,12,15-16,21-25,33-35H,7-11,13-14H2,1-3H3/t21?,22-,23?,24+,25+,26+,27+,28?,29-/m0/s1. The zero-order valence-corrected chi connectivity index (χ0v) is 21.4. The number of allylic oxidation sites excluding steroid dienone is 2. The molecule has 1 aromatic heterocycles. The van der Waals surface area contributed by atoms with E-state index >= 15 is 0 Å². The number of aliphatic hydroxyl groups excluding tert-OH is 2. The molecule has 0 amide bonds. The predicted octanol–water partition coefficient (Wildman–Crippen LogP) is 2.93. The Bertz CT molecular complexity index is 1270. The maximum absolute atomic E-state index is 12.3. The van der Waals surface area contributed by atoms with Crippen LogP contribution in [-0.2, 0) is 4.74 Å². The van der Waals surface area contributed by atoms with Crippen LogP contribution < -0.4 is 0 Å². The lowest BCUT2D eigenvalue weighted by atomic mass is 9.51. The van der Waals surface area contributed by atoms with Crippen LogP contribution in [0.3, 0.4) is 0 Å². The van der Waals surface area contributed by atoms with Crippen LogP contribution in [0.2, 0.25) is 0 Å². The van der Waals surface area contributed by atoms with Crippen LogP contribution in [0.25, 0.3) is 16.3 Å². The van der Waals surface area contributed by atoms with Crippen LogP contribution >= 0.6 is 0 Å². The van der Waals surface area contributed by atoms with Crippen molar-refractivity contribution in [1.82, 2.24) is 15.1 Å². The summed E-state index contributed by atoms with van der Waals surface area (Å²) >= 11 is 0. The van der Waals surface area contributed by atoms with Crippen molar-refractivity contribution in [3.8, 4) is 0 Å². The Morgan fingerprint density at radius 1 is 0.972 bits per heavy atom. The molecule has 7 heteroatoms. The fourth-order valence-electron chi connectivity index (χ4n) is 9.22. The van der Waals surface area contributed by atoms with Crippen molar-refractivity contribution in [3.63, 3.8) is 0 Å². The smallest absolute Gasteiger partial charge is 0.102 e. The highest BCUT2D eigenvalue weighted by molar-refractivity contribution is 5.86. The molecule has 1 aromatic carbocycles. The first-order valence-electron chi connectivity index (χ1n) is 13.5. The summed E-state index contributed by atoms with van der Waals surface area (Å²) in [6.07, 6.45) is 9.49. The molecule has 7 rings (SSSR count). The van der Waals surface area contributed by atoms with Crippen LogP contribution in [0.15, 0.2) is 36.7 Å². The van der Waals surface area contributed by atoms with Crippen molar-refractivity contribution in [3.05, 3.63) is 42.2 Å². The highest BCUT2D eigenvalue weighted by Gasteiger charge is 2.76. The number of hydrogen-bond donors (Lipinski definition) is 3. The van der Waals surface area contributed by atoms with Gasteiger partial charge < -0.3 is 25.0 Å². The number of aliphatic hydroxyl groups is 3. The third-order valence-electron chi connectivity index (χ3n) is 11.1. The van der Waals surface area contributed by atoms with Crippen molar-refractivity contribution in [2.45, 2.75) is 86.9 Å². The number of aromatic nitrogens is 2. The molecule has 2 saturated heterocycles. The van der Waals surface area contributed by atoms with Crippen molar-refractivity contribution in [1.29, 1.82) is 0 Å². The highest BCUT2D eigenvalue weighted by Crippen LogP contribution is 2.71. The molecular formula is C29H37N3O4. The highest BCUT2D eigenvalue weighted by atomic mass is 16.6. The first-order chi connectivity index (χ1) is 17.1. The van der Waals surface area contributed by atoms with E-state index in [9.17, 15) is 15.3 Å². The van der Waals surface area contributed by atoms with E-state index in [0.29, 0.717) is 19.3 Å². The van der Waals surface area contributed by atoms with E-state index in [-0.39, 0.29) is 23.3 Å². The Hall–Kier alpha value is -1.90. The molecule has 2 spiro atoms. The van der Waals surface area contributed by atoms with Gasteiger partial charge in [-0.25, -0.2) is 0 Å². The van der Waals surface area contributed by atoms with Gasteiger partial charge in [0.2, 0.25) is 0 Å². The number of hydrogen-bond acceptors (Lipinski definition) is 7. The average Bonchev–Trinajstić information content (AvgIpc) is 3.39. The van der Waals surface area contributed by atoms with Crippen molar-refractivity contribution in [2.24, 2.45) is 17.3 Å². The van der Waals surface area contributed by atoms with Crippen molar-refractivity contribution < 1.29 is 20.1 Å². The summed E-state index contributed by atoms with van der Waals surface area (Å²) in [5.74, 6) is -0.0729. The summed E-state index contributed by atoms with van der Waals surface area (Å²) in [6.45, 7) is 2.36. The molecule has 2 bridgehead atoms. The zero-order valence-electron chi connectivity index (χ0n) is 21.4. The van der Waals surface area contributed by atoms with Crippen molar-refractivity contribution >= 4 is 16.3 Å². The fraction of sp³-hybridized carbons (Fsp3) is 0.655. The van der Waals surface area contributed by atoms with Gasteiger partial charge in [0.1, 0.15) is 5.60 Å². The van der Waals surface area contributed by atoms with E-state index < -0.39 is 29.0 Å². The Morgan fingerprint density at radius 3 is 2.53 bits per heavy atom. The molecule has 4 fully saturated rings. The van der Waals surface area contributed by atoms with Gasteiger partial charge in [-0.1, -0.05) is 25.1 Å². The lowest BCUT2D eigenvalue weighted by molar-refractivity contribution is -0.331. The van der Waals surface area contributed by atoms with Gasteiger partial charge in [-0.3, -0.25) is 0 Å². The normalized spacial score (nSPS) is 47.4. The van der Waals surface area contributed by atoms with Gasteiger partial charge in [-0.15, -0.1) is 0 Å². The average molecular weight is 492 g/mol. The minimum absolute atomic E-state index is 0.105. The topological polar surface area (TPSA) is 98.9 Å². The maximum Gasteiger partial charge on any atom is 0.102 e. The largest absolute Gasteiger partial charge is 0.390 e. The third kappa shape index (κ3) is 2.76. The van der Waals surface area contributed by atoms with Gasteiger partial charge in [0.25, 0.3) is 0 Å². The summed E-state index contributed by atoms with van der Waals surface area (Å²) in [4.78, 5) is 2.01.